The minimum Gasteiger partial charge on any atom is -0.497 e. The van der Waals surface area contributed by atoms with Gasteiger partial charge in [-0.1, -0.05) is 37.8 Å². The highest BCUT2D eigenvalue weighted by Gasteiger charge is 2.24. The summed E-state index contributed by atoms with van der Waals surface area (Å²) in [5, 5.41) is 2.97. The van der Waals surface area contributed by atoms with Crippen LogP contribution in [0.1, 0.15) is 40.1 Å². The van der Waals surface area contributed by atoms with Gasteiger partial charge in [0, 0.05) is 43.4 Å². The van der Waals surface area contributed by atoms with Crippen LogP contribution in [0.2, 0.25) is 0 Å². The third-order valence-corrected chi connectivity index (χ3v) is 6.77. The lowest BCUT2D eigenvalue weighted by molar-refractivity contribution is 0.0745. The van der Waals surface area contributed by atoms with Crippen LogP contribution in [-0.2, 0) is 6.42 Å². The number of piperazine rings is 1. The number of nitrogens with one attached hydrogen (secondary N) is 1. The van der Waals surface area contributed by atoms with Crippen molar-refractivity contribution >= 4 is 33.6 Å². The largest absolute Gasteiger partial charge is 0.497 e. The Kier molecular flexibility index (Phi) is 9.87. The van der Waals surface area contributed by atoms with Gasteiger partial charge in [-0.25, -0.2) is 4.98 Å². The quantitative estimate of drug-likeness (QED) is 0.406. The van der Waals surface area contributed by atoms with Crippen LogP contribution < -0.4 is 15.0 Å². The molecule has 0 aliphatic carbocycles. The summed E-state index contributed by atoms with van der Waals surface area (Å²) in [6, 6.07) is 19.3. The van der Waals surface area contributed by atoms with E-state index in [0.717, 1.165) is 23.1 Å². The van der Waals surface area contributed by atoms with Gasteiger partial charge in [-0.2, -0.15) is 0 Å². The van der Waals surface area contributed by atoms with Gasteiger partial charge in [-0.15, -0.1) is 0 Å². The first kappa shape index (κ1) is 27.2. The Bertz CT molecular complexity index is 1150. The predicted octanol–water partition coefficient (Wildman–Crippen LogP) is 4.81. The van der Waals surface area contributed by atoms with Crippen LogP contribution in [0.4, 0.5) is 5.82 Å². The van der Waals surface area contributed by atoms with E-state index in [0.29, 0.717) is 49.6 Å². The minimum absolute atomic E-state index is 0. The fraction of sp³-hybridized carbons (Fsp3) is 0.321. The molecule has 0 bridgehead atoms. The van der Waals surface area contributed by atoms with Crippen molar-refractivity contribution in [2.24, 2.45) is 0 Å². The Morgan fingerprint density at radius 2 is 1.78 bits per heavy atom. The van der Waals surface area contributed by atoms with Crippen LogP contribution in [0.3, 0.4) is 0 Å². The van der Waals surface area contributed by atoms with E-state index in [1.165, 1.54) is 5.56 Å². The molecule has 8 heteroatoms. The molecule has 190 valence electrons. The third kappa shape index (κ3) is 6.85. The van der Waals surface area contributed by atoms with E-state index in [2.05, 4.69) is 43.3 Å². The highest BCUT2D eigenvalue weighted by molar-refractivity contribution is 9.10. The summed E-state index contributed by atoms with van der Waals surface area (Å²) in [6.07, 6.45) is 3.44. The maximum atomic E-state index is 13.0. The molecule has 4 rings (SSSR count). The molecule has 0 spiro atoms. The topological polar surface area (TPSA) is 74.8 Å². The highest BCUT2D eigenvalue weighted by atomic mass is 79.9. The molecule has 2 amide bonds. The van der Waals surface area contributed by atoms with Crippen LogP contribution in [0.15, 0.2) is 71.3 Å². The van der Waals surface area contributed by atoms with Crippen LogP contribution in [0, 0.1) is 0 Å². The second-order valence-electron chi connectivity index (χ2n) is 8.38. The van der Waals surface area contributed by atoms with E-state index < -0.39 is 0 Å². The molecule has 1 aromatic heterocycles. The number of methoxy groups -OCH3 is 1. The number of aryl methyl sites for hydroxylation is 1. The zero-order valence-electron chi connectivity index (χ0n) is 19.7. The molecule has 0 radical (unpaired) electrons. The fourth-order valence-electron chi connectivity index (χ4n) is 4.05. The van der Waals surface area contributed by atoms with Crippen molar-refractivity contribution in [2.45, 2.75) is 20.3 Å². The van der Waals surface area contributed by atoms with Crippen molar-refractivity contribution in [1.82, 2.24) is 15.2 Å². The summed E-state index contributed by atoms with van der Waals surface area (Å²) in [5.41, 5.74) is 2.41. The number of halogens is 1. The molecule has 1 aliphatic rings. The van der Waals surface area contributed by atoms with Crippen LogP contribution in [-0.4, -0.2) is 61.5 Å². The zero-order valence-corrected chi connectivity index (χ0v) is 21.3. The standard InChI is InChI=1S/C27H29BrN4O3.CH4/c1-35-22-10-11-24(28)23(18-22)27(34)32-16-14-31(15-17-32)25-12-9-21(19-30-25)26(33)29-13-5-8-20-6-3-2-4-7-20;/h2-4,6-7,9-12,18-19H,5,8,13-17H2,1H3,(H,29,33);1H4. The van der Waals surface area contributed by atoms with Gasteiger partial charge in [0.15, 0.2) is 0 Å². The summed E-state index contributed by atoms with van der Waals surface area (Å²) >= 11 is 3.47. The second kappa shape index (κ2) is 13.1. The number of nitrogens with zero attached hydrogens (tertiary/aromatic N) is 3. The molecule has 0 saturated carbocycles. The number of aromatic nitrogens is 1. The Hall–Kier alpha value is -3.39. The number of rotatable bonds is 8. The second-order valence-corrected chi connectivity index (χ2v) is 9.23. The van der Waals surface area contributed by atoms with Crippen molar-refractivity contribution in [3.8, 4) is 5.75 Å². The van der Waals surface area contributed by atoms with Gasteiger partial charge < -0.3 is 19.9 Å². The maximum Gasteiger partial charge on any atom is 0.255 e. The predicted molar refractivity (Wildman–Crippen MR) is 147 cm³/mol. The van der Waals surface area contributed by atoms with E-state index in [9.17, 15) is 9.59 Å². The molecular weight excluding hydrogens is 520 g/mol. The molecule has 1 N–H and O–H groups in total. The van der Waals surface area contributed by atoms with Gasteiger partial charge in [0.1, 0.15) is 11.6 Å². The van der Waals surface area contributed by atoms with Gasteiger partial charge >= 0.3 is 0 Å². The first-order valence-electron chi connectivity index (χ1n) is 11.7. The van der Waals surface area contributed by atoms with E-state index in [4.69, 9.17) is 4.74 Å². The summed E-state index contributed by atoms with van der Waals surface area (Å²) in [5.74, 6) is 1.32. The van der Waals surface area contributed by atoms with E-state index >= 15 is 0 Å². The van der Waals surface area contributed by atoms with Gasteiger partial charge in [0.05, 0.1) is 18.2 Å². The monoisotopic (exact) mass is 552 g/mol. The normalized spacial score (nSPS) is 13.1. The summed E-state index contributed by atoms with van der Waals surface area (Å²) in [7, 11) is 1.59. The molecule has 1 aliphatic heterocycles. The number of benzene rings is 2. The molecule has 36 heavy (non-hydrogen) atoms. The molecule has 3 aromatic rings. The molecule has 1 saturated heterocycles. The number of hydrogen-bond donors (Lipinski definition) is 1. The summed E-state index contributed by atoms with van der Waals surface area (Å²) < 4.78 is 6.01. The highest BCUT2D eigenvalue weighted by Crippen LogP contribution is 2.25. The lowest BCUT2D eigenvalue weighted by Gasteiger charge is -2.35. The summed E-state index contributed by atoms with van der Waals surface area (Å²) in [6.45, 7) is 3.15. The molecule has 0 unspecified atom stereocenters. The van der Waals surface area contributed by atoms with Crippen LogP contribution in [0.25, 0.3) is 0 Å². The van der Waals surface area contributed by atoms with Gasteiger partial charge in [-0.05, 0) is 64.7 Å². The number of carbonyl (C=O) groups excluding carboxylic acids is 2. The van der Waals surface area contributed by atoms with Crippen molar-refractivity contribution < 1.29 is 14.3 Å². The Morgan fingerprint density at radius 3 is 2.44 bits per heavy atom. The van der Waals surface area contributed by atoms with Crippen LogP contribution >= 0.6 is 15.9 Å². The molecule has 0 atom stereocenters. The number of hydrogen-bond acceptors (Lipinski definition) is 5. The first-order chi connectivity index (χ1) is 17.0. The molecule has 2 heterocycles. The van der Waals surface area contributed by atoms with E-state index in [-0.39, 0.29) is 19.2 Å². The lowest BCUT2D eigenvalue weighted by atomic mass is 10.1. The molecule has 2 aromatic carbocycles. The Balaban J connectivity index is 0.00000361. The SMILES string of the molecule is C.COc1ccc(Br)c(C(=O)N2CCN(c3ccc(C(=O)NCCCc4ccccc4)cn3)CC2)c1. The van der Waals surface area contributed by atoms with E-state index in [1.807, 2.05) is 41.3 Å². The lowest BCUT2D eigenvalue weighted by Crippen LogP contribution is -2.49. The average molecular weight is 554 g/mol. The minimum atomic E-state index is -0.114. The van der Waals surface area contributed by atoms with Gasteiger partial charge in [0.25, 0.3) is 11.8 Å². The zero-order chi connectivity index (χ0) is 24.6. The number of ether oxygens (including phenoxy) is 1. The van der Waals surface area contributed by atoms with Crippen LogP contribution in [0.5, 0.6) is 5.75 Å². The Morgan fingerprint density at radius 1 is 1.03 bits per heavy atom. The third-order valence-electron chi connectivity index (χ3n) is 6.08. The smallest absolute Gasteiger partial charge is 0.255 e. The Labute approximate surface area is 221 Å². The fourth-order valence-corrected chi connectivity index (χ4v) is 4.47. The number of carbonyl (C=O) groups is 2. The van der Waals surface area contributed by atoms with Crippen molar-refractivity contribution in [1.29, 1.82) is 0 Å². The first-order valence-corrected chi connectivity index (χ1v) is 12.5. The molecule has 1 fully saturated rings. The average Bonchev–Trinajstić information content (AvgIpc) is 2.91. The van der Waals surface area contributed by atoms with E-state index in [1.54, 1.807) is 25.4 Å². The number of pyridine rings is 1. The molecule has 7 nitrogen and oxygen atoms in total. The van der Waals surface area contributed by atoms with Crippen molar-refractivity contribution in [3.05, 3.63) is 88.0 Å². The summed E-state index contributed by atoms with van der Waals surface area (Å²) in [4.78, 5) is 33.9. The molecular formula is C28H33BrN4O3. The van der Waals surface area contributed by atoms with Gasteiger partial charge in [0.2, 0.25) is 0 Å². The maximum absolute atomic E-state index is 13.0. The van der Waals surface area contributed by atoms with Gasteiger partial charge in [-0.3, -0.25) is 9.59 Å². The number of anilines is 1. The van der Waals surface area contributed by atoms with Crippen molar-refractivity contribution in [3.63, 3.8) is 0 Å². The van der Waals surface area contributed by atoms with Crippen molar-refractivity contribution in [2.75, 3.05) is 44.7 Å². The number of amides is 2.